The van der Waals surface area contributed by atoms with Crippen LogP contribution in [0.1, 0.15) is 19.3 Å². The summed E-state index contributed by atoms with van der Waals surface area (Å²) in [4.78, 5) is 10.5. The summed E-state index contributed by atoms with van der Waals surface area (Å²) in [6.45, 7) is -4.83. The van der Waals surface area contributed by atoms with Crippen LogP contribution >= 0.6 is 0 Å². The molecule has 1 N–H and O–H groups in total. The van der Waals surface area contributed by atoms with Crippen molar-refractivity contribution in [3.05, 3.63) is 0 Å². The van der Waals surface area contributed by atoms with Crippen LogP contribution in [0.5, 0.6) is 0 Å². The molecule has 3 fully saturated rings. The molecule has 3 rings (SSSR count). The first kappa shape index (κ1) is 12.0. The maximum Gasteiger partial charge on any atom is 1.00 e. The van der Waals surface area contributed by atoms with E-state index in [-0.39, 0.29) is 70.6 Å². The summed E-state index contributed by atoms with van der Waals surface area (Å²) >= 11 is 0. The van der Waals surface area contributed by atoms with Crippen molar-refractivity contribution in [2.24, 2.45) is 5.41 Å². The van der Waals surface area contributed by atoms with Gasteiger partial charge in [-0.25, -0.2) is 0 Å². The second-order valence-electron chi connectivity index (χ2n) is 4.05. The van der Waals surface area contributed by atoms with Crippen LogP contribution in [-0.4, -0.2) is 18.1 Å². The van der Waals surface area contributed by atoms with Crippen molar-refractivity contribution in [2.75, 3.05) is 0 Å². The van der Waals surface area contributed by atoms with Gasteiger partial charge < -0.3 is 18.1 Å². The van der Waals surface area contributed by atoms with Gasteiger partial charge in [-0.15, -0.1) is 0 Å². The van der Waals surface area contributed by atoms with E-state index in [1.54, 1.807) is 0 Å². The van der Waals surface area contributed by atoms with Crippen LogP contribution < -0.4 is 51.4 Å². The van der Waals surface area contributed by atoms with Crippen molar-refractivity contribution in [1.29, 1.82) is 0 Å². The molecular weight excluding hydrogens is 211 g/mol. The van der Waals surface area contributed by atoms with E-state index in [1.165, 1.54) is 0 Å². The Bertz CT molecular complexity index is 245. The second kappa shape index (κ2) is 2.98. The molecule has 3 aliphatic rings. The Morgan fingerprint density at radius 1 is 1.23 bits per heavy atom. The number of aliphatic carboxylic acids is 1. The van der Waals surface area contributed by atoms with E-state index in [4.69, 9.17) is 5.11 Å². The zero-order valence-corrected chi connectivity index (χ0v) is 10.3. The molecular formula is C6H7BF3KO2. The zero-order valence-electron chi connectivity index (χ0n) is 7.19. The Hall–Kier alpha value is 0.961. The normalized spacial score (nSPS) is 41.2. The van der Waals surface area contributed by atoms with Crippen molar-refractivity contribution in [3.8, 4) is 0 Å². The Balaban J connectivity index is 0.000000845. The van der Waals surface area contributed by atoms with Gasteiger partial charge in [-0.3, -0.25) is 4.79 Å². The van der Waals surface area contributed by atoms with Gasteiger partial charge in [0.15, 0.2) is 0 Å². The maximum atomic E-state index is 12.2. The molecule has 0 aromatic rings. The van der Waals surface area contributed by atoms with Crippen LogP contribution in [0.4, 0.5) is 12.9 Å². The molecule has 0 aromatic carbocycles. The van der Waals surface area contributed by atoms with Crippen LogP contribution in [-0.2, 0) is 4.79 Å². The van der Waals surface area contributed by atoms with Crippen LogP contribution in [0.25, 0.3) is 0 Å². The molecule has 0 heterocycles. The largest absolute Gasteiger partial charge is 1.00 e. The number of rotatable bonds is 2. The third-order valence-corrected chi connectivity index (χ3v) is 3.22. The average molecular weight is 218 g/mol. The average Bonchev–Trinajstić information content (AvgIpc) is 1.46. The van der Waals surface area contributed by atoms with Gasteiger partial charge in [-0.2, -0.15) is 0 Å². The number of hydrogen-bond acceptors (Lipinski definition) is 1. The summed E-state index contributed by atoms with van der Waals surface area (Å²) in [5.74, 6) is -1.07. The smallest absolute Gasteiger partial charge is 0.481 e. The molecule has 0 unspecified atom stereocenters. The third-order valence-electron chi connectivity index (χ3n) is 3.22. The molecule has 0 saturated heterocycles. The Labute approximate surface area is 116 Å². The molecule has 2 nitrogen and oxygen atoms in total. The van der Waals surface area contributed by atoms with Crippen LogP contribution in [0.2, 0.25) is 5.31 Å². The fourth-order valence-corrected chi connectivity index (χ4v) is 2.44. The molecule has 0 aromatic heterocycles. The minimum atomic E-state index is -4.83. The Morgan fingerprint density at radius 2 is 1.62 bits per heavy atom. The molecule has 0 aliphatic heterocycles. The van der Waals surface area contributed by atoms with E-state index in [1.807, 2.05) is 0 Å². The van der Waals surface area contributed by atoms with Gasteiger partial charge >= 0.3 is 64.3 Å². The van der Waals surface area contributed by atoms with Crippen molar-refractivity contribution in [3.63, 3.8) is 0 Å². The molecule has 0 spiro atoms. The molecule has 13 heavy (non-hydrogen) atoms. The van der Waals surface area contributed by atoms with E-state index < -0.39 is 23.7 Å². The molecule has 7 heteroatoms. The molecule has 0 amide bonds. The first-order valence-corrected chi connectivity index (χ1v) is 3.74. The van der Waals surface area contributed by atoms with Crippen molar-refractivity contribution in [1.82, 2.24) is 0 Å². The molecule has 0 atom stereocenters. The SMILES string of the molecule is O=C(O)C12CC([B-](F)(F)F)(C1)C2.[K+]. The van der Waals surface area contributed by atoms with E-state index >= 15 is 0 Å². The van der Waals surface area contributed by atoms with Gasteiger partial charge in [0.2, 0.25) is 0 Å². The molecule has 3 saturated carbocycles. The van der Waals surface area contributed by atoms with Gasteiger partial charge in [0.1, 0.15) is 0 Å². The summed E-state index contributed by atoms with van der Waals surface area (Å²) in [5, 5.41) is 6.98. The molecule has 0 radical (unpaired) electrons. The summed E-state index contributed by atoms with van der Waals surface area (Å²) < 4.78 is 36.7. The number of carboxylic acid groups (broad SMARTS) is 1. The molecule has 68 valence electrons. The van der Waals surface area contributed by atoms with E-state index in [2.05, 4.69) is 0 Å². The summed E-state index contributed by atoms with van der Waals surface area (Å²) in [6.07, 6.45) is -0.545. The molecule has 2 bridgehead atoms. The summed E-state index contributed by atoms with van der Waals surface area (Å²) in [5.41, 5.74) is -1.00. The predicted molar refractivity (Wildman–Crippen MR) is 35.7 cm³/mol. The van der Waals surface area contributed by atoms with Crippen molar-refractivity contribution < 1.29 is 74.2 Å². The van der Waals surface area contributed by atoms with Gasteiger partial charge in [0.25, 0.3) is 0 Å². The zero-order chi connectivity index (χ0) is 9.20. The minimum Gasteiger partial charge on any atom is -0.481 e. The van der Waals surface area contributed by atoms with Gasteiger partial charge in [0.05, 0.1) is 5.41 Å². The van der Waals surface area contributed by atoms with Gasteiger partial charge in [-0.05, 0) is 0 Å². The van der Waals surface area contributed by atoms with Crippen molar-refractivity contribution in [2.45, 2.75) is 24.6 Å². The van der Waals surface area contributed by atoms with Crippen LogP contribution in [0.15, 0.2) is 0 Å². The monoisotopic (exact) mass is 218 g/mol. The van der Waals surface area contributed by atoms with E-state index in [0.29, 0.717) is 0 Å². The minimum absolute atomic E-state index is 0. The number of hydrogen-bond donors (Lipinski definition) is 1. The summed E-state index contributed by atoms with van der Waals surface area (Å²) in [7, 11) is 0. The molecule has 3 aliphatic carbocycles. The standard InChI is InChI=1S/C6H7BF3O2.K/c8-7(9,10)6-1-5(2-6,3-6)4(11)12;/h1-3H2,(H,11,12);/q-1;+1. The number of carbonyl (C=O) groups is 1. The predicted octanol–water partition coefficient (Wildman–Crippen LogP) is -1.15. The Morgan fingerprint density at radius 3 is 1.85 bits per heavy atom. The van der Waals surface area contributed by atoms with Crippen LogP contribution in [0.3, 0.4) is 0 Å². The Kier molecular flexibility index (Phi) is 2.75. The third kappa shape index (κ3) is 1.35. The topological polar surface area (TPSA) is 37.3 Å². The van der Waals surface area contributed by atoms with Crippen molar-refractivity contribution >= 4 is 12.9 Å². The van der Waals surface area contributed by atoms with Gasteiger partial charge in [0, 0.05) is 0 Å². The quantitative estimate of drug-likeness (QED) is 0.594. The maximum absolute atomic E-state index is 12.2. The fourth-order valence-electron chi connectivity index (χ4n) is 2.44. The van der Waals surface area contributed by atoms with E-state index in [9.17, 15) is 17.7 Å². The van der Waals surface area contributed by atoms with E-state index in [0.717, 1.165) is 0 Å². The summed E-state index contributed by atoms with van der Waals surface area (Å²) in [6, 6.07) is 0. The number of halogens is 3. The van der Waals surface area contributed by atoms with Crippen LogP contribution in [0, 0.1) is 5.41 Å². The first-order valence-electron chi connectivity index (χ1n) is 3.74. The number of carboxylic acids is 1. The second-order valence-corrected chi connectivity index (χ2v) is 4.05. The first-order chi connectivity index (χ1) is 5.31. The van der Waals surface area contributed by atoms with Gasteiger partial charge in [-0.1, -0.05) is 24.6 Å². The fraction of sp³-hybridized carbons (Fsp3) is 0.833.